The van der Waals surface area contributed by atoms with Gasteiger partial charge in [0.05, 0.1) is 44.5 Å². The van der Waals surface area contributed by atoms with Gasteiger partial charge in [-0.25, -0.2) is 9.97 Å². The van der Waals surface area contributed by atoms with E-state index in [-0.39, 0.29) is 16.2 Å². The molecule has 3 aliphatic rings. The molecule has 5 heteroatoms. The molecular formula is C85H61N5. The van der Waals surface area contributed by atoms with Crippen LogP contribution in [0.2, 0.25) is 0 Å². The van der Waals surface area contributed by atoms with Gasteiger partial charge in [-0.1, -0.05) is 211 Å². The number of benzene rings is 12. The van der Waals surface area contributed by atoms with E-state index in [9.17, 15) is 0 Å². The molecule has 3 aliphatic carbocycles. The quantitative estimate of drug-likeness (QED) is 0.166. The highest BCUT2D eigenvalue weighted by atomic mass is 15.0. The van der Waals surface area contributed by atoms with Gasteiger partial charge in [-0.05, 0) is 158 Å². The molecule has 0 amide bonds. The third kappa shape index (κ3) is 6.81. The van der Waals surface area contributed by atoms with Crippen LogP contribution in [0.15, 0.2) is 261 Å². The first-order valence-corrected chi connectivity index (χ1v) is 31.6. The van der Waals surface area contributed by atoms with E-state index in [4.69, 9.17) is 9.97 Å². The Hall–Kier alpha value is -10.9. The van der Waals surface area contributed by atoms with E-state index in [2.05, 4.69) is 316 Å². The van der Waals surface area contributed by atoms with Crippen LogP contribution in [0.5, 0.6) is 0 Å². The van der Waals surface area contributed by atoms with Crippen molar-refractivity contribution in [3.05, 3.63) is 294 Å². The SMILES string of the molecule is CC1(C)c2ccccc2-c2ccc3c(c21)c1ccccc1n3-c1ccc(-c2nc(-c3cccc(-n4c5ccccc5c5c6c(ccc54)-c4ccccc4C6(C)C)c3)cc(-c3cccc(-n4c5ccccc5c5c6c(ccc54)-c4ccccc4C6(C)C)c3)n2)cc1. The minimum absolute atomic E-state index is 0.162. The van der Waals surface area contributed by atoms with Gasteiger partial charge in [0.2, 0.25) is 0 Å². The topological polar surface area (TPSA) is 40.6 Å². The number of nitrogens with zero attached hydrogens (tertiary/aromatic N) is 5. The smallest absolute Gasteiger partial charge is 0.160 e. The molecule has 0 radical (unpaired) electrons. The lowest BCUT2D eigenvalue weighted by molar-refractivity contribution is 0.666. The van der Waals surface area contributed by atoms with E-state index in [1.54, 1.807) is 0 Å². The van der Waals surface area contributed by atoms with E-state index < -0.39 is 0 Å². The van der Waals surface area contributed by atoms with Gasteiger partial charge in [-0.3, -0.25) is 0 Å². The van der Waals surface area contributed by atoms with Crippen LogP contribution in [0.4, 0.5) is 0 Å². The van der Waals surface area contributed by atoms with Gasteiger partial charge in [0.15, 0.2) is 5.82 Å². The summed E-state index contributed by atoms with van der Waals surface area (Å²) in [5, 5.41) is 7.71. The molecule has 0 bridgehead atoms. The second kappa shape index (κ2) is 18.1. The summed E-state index contributed by atoms with van der Waals surface area (Å²) in [6.45, 7) is 14.3. The summed E-state index contributed by atoms with van der Waals surface area (Å²) < 4.78 is 7.36. The van der Waals surface area contributed by atoms with Crippen LogP contribution < -0.4 is 0 Å². The Morgan fingerprint density at radius 3 is 0.989 bits per heavy atom. The van der Waals surface area contributed by atoms with Gasteiger partial charge in [0.1, 0.15) is 0 Å². The van der Waals surface area contributed by atoms with E-state index in [0.29, 0.717) is 5.82 Å². The van der Waals surface area contributed by atoms with Gasteiger partial charge >= 0.3 is 0 Å². The fourth-order valence-corrected chi connectivity index (χ4v) is 17.1. The van der Waals surface area contributed by atoms with Crippen molar-refractivity contribution < 1.29 is 0 Å². The summed E-state index contributed by atoms with van der Waals surface area (Å²) in [4.78, 5) is 11.2. The van der Waals surface area contributed by atoms with Gasteiger partial charge in [-0.2, -0.15) is 0 Å². The fourth-order valence-electron chi connectivity index (χ4n) is 17.1. The maximum absolute atomic E-state index is 5.59. The molecule has 0 fully saturated rings. The minimum atomic E-state index is -0.176. The number of hydrogen-bond acceptors (Lipinski definition) is 2. The van der Waals surface area contributed by atoms with Crippen molar-refractivity contribution in [2.45, 2.75) is 57.8 Å². The average Bonchev–Trinajstić information content (AvgIpc) is 1.58. The summed E-state index contributed by atoms with van der Waals surface area (Å²) in [6.07, 6.45) is 0. The first-order valence-electron chi connectivity index (χ1n) is 31.6. The van der Waals surface area contributed by atoms with Crippen molar-refractivity contribution in [3.63, 3.8) is 0 Å². The molecule has 0 aliphatic heterocycles. The van der Waals surface area contributed by atoms with Gasteiger partial charge in [0, 0.05) is 82.3 Å². The lowest BCUT2D eigenvalue weighted by Gasteiger charge is -2.22. The molecule has 12 aromatic carbocycles. The van der Waals surface area contributed by atoms with Crippen molar-refractivity contribution in [2.24, 2.45) is 0 Å². The third-order valence-corrected chi connectivity index (χ3v) is 21.0. The highest BCUT2D eigenvalue weighted by Gasteiger charge is 2.41. The first-order chi connectivity index (χ1) is 43.9. The summed E-state index contributed by atoms with van der Waals surface area (Å²) in [6, 6.07) is 96.8. The lowest BCUT2D eigenvalue weighted by Crippen LogP contribution is -2.15. The van der Waals surface area contributed by atoms with Gasteiger partial charge < -0.3 is 13.7 Å². The molecule has 4 heterocycles. The summed E-state index contributed by atoms with van der Waals surface area (Å²) in [5.74, 6) is 0.660. The molecule has 0 unspecified atom stereocenters. The number of fused-ring (bicyclic) bond motifs is 21. The van der Waals surface area contributed by atoms with Crippen molar-refractivity contribution in [3.8, 4) is 84.3 Å². The van der Waals surface area contributed by atoms with Crippen LogP contribution in [0.3, 0.4) is 0 Å². The number of hydrogen-bond donors (Lipinski definition) is 0. The monoisotopic (exact) mass is 1150 g/mol. The van der Waals surface area contributed by atoms with Crippen molar-refractivity contribution in [2.75, 3.05) is 0 Å². The second-order valence-electron chi connectivity index (χ2n) is 26.8. The van der Waals surface area contributed by atoms with E-state index in [1.165, 1.54) is 132 Å². The van der Waals surface area contributed by atoms with Gasteiger partial charge in [0.25, 0.3) is 0 Å². The van der Waals surface area contributed by atoms with E-state index in [0.717, 1.165) is 45.1 Å². The second-order valence-corrected chi connectivity index (χ2v) is 26.8. The zero-order valence-corrected chi connectivity index (χ0v) is 51.1. The minimum Gasteiger partial charge on any atom is -0.309 e. The van der Waals surface area contributed by atoms with Crippen LogP contribution in [-0.4, -0.2) is 23.7 Å². The standard InChI is InChI=1S/C85H61N5/c1-83(2)65-31-13-7-25-56(65)59-41-44-73-76(79(59)83)62-28-10-16-34-70(62)88(73)53-39-37-50(38-40-53)82-86-68(51-21-19-23-54(47-51)89-71-35-17-11-29-63(71)77-74(89)45-42-60-57-26-8-14-32-66(57)84(3,4)80(60)77)49-69(87-82)52-22-20-24-55(48-52)90-72-36-18-12-30-64(72)78-75(90)46-43-61-58-27-9-15-33-67(58)85(5,6)81(61)78/h7-49H,1-6H3. The predicted molar refractivity (Wildman–Crippen MR) is 374 cm³/mol. The molecule has 0 N–H and O–H groups in total. The lowest BCUT2D eigenvalue weighted by atomic mass is 9.80. The zero-order chi connectivity index (χ0) is 60.1. The van der Waals surface area contributed by atoms with Crippen molar-refractivity contribution in [1.82, 2.24) is 23.7 Å². The summed E-state index contributed by atoms with van der Waals surface area (Å²) in [7, 11) is 0. The average molecular weight is 1150 g/mol. The van der Waals surface area contributed by atoms with Crippen LogP contribution in [0, 0.1) is 0 Å². The molecule has 90 heavy (non-hydrogen) atoms. The summed E-state index contributed by atoms with van der Waals surface area (Å²) >= 11 is 0. The van der Waals surface area contributed by atoms with Crippen molar-refractivity contribution in [1.29, 1.82) is 0 Å². The van der Waals surface area contributed by atoms with E-state index in [1.807, 2.05) is 0 Å². The number of aromatic nitrogens is 5. The largest absolute Gasteiger partial charge is 0.309 e. The molecule has 4 aromatic heterocycles. The van der Waals surface area contributed by atoms with Crippen LogP contribution >= 0.6 is 0 Å². The fraction of sp³-hybridized carbons (Fsp3) is 0.106. The first kappa shape index (κ1) is 51.2. The predicted octanol–water partition coefficient (Wildman–Crippen LogP) is 21.7. The molecule has 0 saturated carbocycles. The maximum atomic E-state index is 5.59. The molecule has 19 rings (SSSR count). The molecule has 0 saturated heterocycles. The third-order valence-electron chi connectivity index (χ3n) is 21.0. The Labute approximate surface area is 522 Å². The van der Waals surface area contributed by atoms with Crippen LogP contribution in [0.25, 0.3) is 150 Å². The van der Waals surface area contributed by atoms with Gasteiger partial charge in [-0.15, -0.1) is 0 Å². The Balaban J connectivity index is 0.786. The molecule has 426 valence electrons. The molecule has 5 nitrogen and oxygen atoms in total. The molecule has 16 aromatic rings. The van der Waals surface area contributed by atoms with Crippen LogP contribution in [-0.2, 0) is 16.2 Å². The number of para-hydroxylation sites is 3. The Morgan fingerprint density at radius 2 is 0.600 bits per heavy atom. The summed E-state index contributed by atoms with van der Waals surface area (Å²) in [5.41, 5.74) is 30.8. The molecule has 0 atom stereocenters. The normalized spacial score (nSPS) is 14.6. The Morgan fingerprint density at radius 1 is 0.256 bits per heavy atom. The van der Waals surface area contributed by atoms with E-state index >= 15 is 0 Å². The highest BCUT2D eigenvalue weighted by Crippen LogP contribution is 2.57. The molecular weight excluding hydrogens is 1090 g/mol. The molecule has 0 spiro atoms. The Bertz CT molecular complexity index is 5580. The van der Waals surface area contributed by atoms with Crippen LogP contribution in [0.1, 0.15) is 74.9 Å². The maximum Gasteiger partial charge on any atom is 0.160 e. The van der Waals surface area contributed by atoms with Crippen molar-refractivity contribution >= 4 is 65.4 Å². The number of rotatable bonds is 6. The highest BCUT2D eigenvalue weighted by molar-refractivity contribution is 6.17. The zero-order valence-electron chi connectivity index (χ0n) is 51.1. The Kier molecular flexibility index (Phi) is 10.3.